The summed E-state index contributed by atoms with van der Waals surface area (Å²) in [4.78, 5) is 0. The van der Waals surface area contributed by atoms with Crippen molar-refractivity contribution < 1.29 is 0 Å². The Balaban J connectivity index is 0. The number of hydrogen-bond donors (Lipinski definition) is 2. The molecule has 0 heterocycles. The molecule has 0 saturated heterocycles. The van der Waals surface area contributed by atoms with E-state index in [0.717, 1.165) is 0 Å². The molecule has 0 unspecified atom stereocenters. The van der Waals surface area contributed by atoms with Crippen LogP contribution in [0, 0.1) is 5.41 Å². The van der Waals surface area contributed by atoms with E-state index in [0.29, 0.717) is 0 Å². The van der Waals surface area contributed by atoms with Gasteiger partial charge in [0.05, 0.1) is 0 Å². The molecule has 0 aromatic carbocycles. The molecule has 0 aliphatic rings. The Hall–Kier alpha value is 0.420. The van der Waals surface area contributed by atoms with E-state index in [4.69, 9.17) is 5.41 Å². The second kappa shape index (κ2) is 9.93. The second-order valence-corrected chi connectivity index (χ2v) is 0.791. The van der Waals surface area contributed by atoms with E-state index in [1.54, 1.807) is 22.3 Å². The normalized spacial score (nSPS) is 3.00. The average molecular weight is 173 g/mol. The van der Waals surface area contributed by atoms with Gasteiger partial charge in [-0.2, -0.15) is 0 Å². The maximum absolute atomic E-state index is 6.09. The molecule has 4 N–H and O–H groups in total. The molecular weight excluding hydrogens is 168 g/mol. The van der Waals surface area contributed by atoms with Crippen LogP contribution in [0.25, 0.3) is 0 Å². The zero-order valence-corrected chi connectivity index (χ0v) is 4.52. The summed E-state index contributed by atoms with van der Waals surface area (Å²) in [6, 6.07) is 0. The zero-order chi connectivity index (χ0) is 2.71. The van der Waals surface area contributed by atoms with Gasteiger partial charge in [-0.1, -0.05) is 0 Å². The molecule has 3 heteroatoms. The fraction of sp³-hybridized carbons (Fsp3) is 0. The summed E-state index contributed by atoms with van der Waals surface area (Å²) in [6.07, 6.45) is 0. The van der Waals surface area contributed by atoms with Crippen molar-refractivity contribution in [2.45, 2.75) is 0 Å². The van der Waals surface area contributed by atoms with E-state index < -0.39 is 0 Å². The molecule has 1 radical (unpaired) electrons. The molecule has 0 saturated carbocycles. The number of rotatable bonds is 0. The van der Waals surface area contributed by atoms with Crippen molar-refractivity contribution in [3.63, 3.8) is 0 Å². The van der Waals surface area contributed by atoms with Gasteiger partial charge in [-0.05, 0) is 0 Å². The molecule has 0 atom stereocenters. The van der Waals surface area contributed by atoms with Gasteiger partial charge in [0.2, 0.25) is 0 Å². The Kier molecular flexibility index (Phi) is 21.9. The molecular formula is CH5N2Te. The molecule has 0 rings (SSSR count). The Morgan fingerprint density at radius 3 is 1.75 bits per heavy atom. The Bertz CT molecular complexity index is 13.5. The molecule has 0 aliphatic heterocycles. The summed E-state index contributed by atoms with van der Waals surface area (Å²) < 4.78 is 1.26. The third-order valence-electron chi connectivity index (χ3n) is 0. The van der Waals surface area contributed by atoms with Gasteiger partial charge in [-0.3, -0.25) is 0 Å². The Labute approximate surface area is 38.6 Å². The Morgan fingerprint density at radius 2 is 1.75 bits per heavy atom. The van der Waals surface area contributed by atoms with E-state index in [1.807, 2.05) is 0 Å². The molecule has 25 valence electrons. The molecule has 0 amide bonds. The third-order valence-corrected chi connectivity index (χ3v) is 0. The standard InChI is InChI=1S/CH2NTe.H3N/c2-1-3;/h1-2H;1H3. The van der Waals surface area contributed by atoms with Crippen LogP contribution in [0.1, 0.15) is 0 Å². The van der Waals surface area contributed by atoms with Crippen LogP contribution in [0.3, 0.4) is 0 Å². The van der Waals surface area contributed by atoms with E-state index >= 15 is 0 Å². The molecule has 0 spiro atoms. The topological polar surface area (TPSA) is 58.9 Å². The van der Waals surface area contributed by atoms with Crippen molar-refractivity contribution >= 4 is 26.6 Å². The molecule has 0 fully saturated rings. The Morgan fingerprint density at radius 1 is 1.75 bits per heavy atom. The van der Waals surface area contributed by atoms with Crippen molar-refractivity contribution in [1.82, 2.24) is 6.15 Å². The van der Waals surface area contributed by atoms with Crippen molar-refractivity contribution in [3.8, 4) is 0 Å². The van der Waals surface area contributed by atoms with E-state index in [-0.39, 0.29) is 6.15 Å². The van der Waals surface area contributed by atoms with Gasteiger partial charge in [-0.25, -0.2) is 0 Å². The summed E-state index contributed by atoms with van der Waals surface area (Å²) in [6.45, 7) is 0. The van der Waals surface area contributed by atoms with Crippen LogP contribution in [0.4, 0.5) is 0 Å². The summed E-state index contributed by atoms with van der Waals surface area (Å²) in [5.74, 6) is 0. The minimum atomic E-state index is 0. The van der Waals surface area contributed by atoms with Crippen LogP contribution in [0.15, 0.2) is 0 Å². The number of nitrogens with one attached hydrogen (secondary N) is 1. The van der Waals surface area contributed by atoms with Crippen molar-refractivity contribution in [2.24, 2.45) is 0 Å². The SMILES string of the molecule is N.N=C[Te]. The van der Waals surface area contributed by atoms with Crippen molar-refractivity contribution in [3.05, 3.63) is 0 Å². The number of hydrogen-bond acceptors (Lipinski definition) is 2. The van der Waals surface area contributed by atoms with Gasteiger partial charge in [0.15, 0.2) is 0 Å². The summed E-state index contributed by atoms with van der Waals surface area (Å²) in [5, 5.41) is 6.09. The first-order valence-electron chi connectivity index (χ1n) is 0.524. The fourth-order valence-corrected chi connectivity index (χ4v) is 0. The first kappa shape index (κ1) is 8.83. The van der Waals surface area contributed by atoms with Crippen molar-refractivity contribution in [1.29, 1.82) is 5.41 Å². The van der Waals surface area contributed by atoms with Crippen LogP contribution in [0.2, 0.25) is 0 Å². The maximum atomic E-state index is 6.09. The monoisotopic (exact) mass is 175 g/mol. The van der Waals surface area contributed by atoms with Crippen LogP contribution in [-0.4, -0.2) is 26.6 Å². The minimum absolute atomic E-state index is 0. The predicted molar refractivity (Wildman–Crippen MR) is 19.6 cm³/mol. The zero-order valence-electron chi connectivity index (χ0n) is 2.19. The van der Waals surface area contributed by atoms with Gasteiger partial charge in [0.1, 0.15) is 0 Å². The van der Waals surface area contributed by atoms with Crippen molar-refractivity contribution in [2.75, 3.05) is 0 Å². The molecule has 4 heavy (non-hydrogen) atoms. The molecule has 0 bridgehead atoms. The van der Waals surface area contributed by atoms with E-state index in [9.17, 15) is 0 Å². The molecule has 0 aliphatic carbocycles. The third kappa shape index (κ3) is 27.7. The van der Waals surface area contributed by atoms with Gasteiger partial charge >= 0.3 is 32.0 Å². The van der Waals surface area contributed by atoms with Gasteiger partial charge in [0, 0.05) is 0 Å². The van der Waals surface area contributed by atoms with E-state index in [1.165, 1.54) is 4.26 Å². The first-order valence-corrected chi connectivity index (χ1v) is 1.87. The van der Waals surface area contributed by atoms with Gasteiger partial charge in [-0.15, -0.1) is 0 Å². The van der Waals surface area contributed by atoms with Gasteiger partial charge < -0.3 is 6.15 Å². The van der Waals surface area contributed by atoms with Crippen LogP contribution in [-0.2, 0) is 0 Å². The fourth-order valence-electron chi connectivity index (χ4n) is 0. The van der Waals surface area contributed by atoms with Crippen LogP contribution < -0.4 is 6.15 Å². The first-order chi connectivity index (χ1) is 1.41. The van der Waals surface area contributed by atoms with Crippen LogP contribution >= 0.6 is 0 Å². The molecule has 0 aromatic rings. The van der Waals surface area contributed by atoms with Gasteiger partial charge in [0.25, 0.3) is 0 Å². The van der Waals surface area contributed by atoms with Crippen LogP contribution in [0.5, 0.6) is 0 Å². The quantitative estimate of drug-likeness (QED) is 0.390. The summed E-state index contributed by atoms with van der Waals surface area (Å²) in [7, 11) is 0. The summed E-state index contributed by atoms with van der Waals surface area (Å²) >= 11 is 1.61. The second-order valence-electron chi connectivity index (χ2n) is 0.118. The molecule has 2 nitrogen and oxygen atoms in total. The summed E-state index contributed by atoms with van der Waals surface area (Å²) in [5.41, 5.74) is 0. The molecule has 0 aromatic heterocycles. The average Bonchev–Trinajstić information content (AvgIpc) is 0.918. The predicted octanol–water partition coefficient (Wildman–Crippen LogP) is -0.0760. The van der Waals surface area contributed by atoms with E-state index in [2.05, 4.69) is 0 Å².